The molecule has 0 aliphatic carbocycles. The van der Waals surface area contributed by atoms with Crippen LogP contribution < -0.4 is 5.32 Å². The third kappa shape index (κ3) is 7.06. The molecule has 4 aromatic rings. The molecule has 0 aliphatic heterocycles. The molecule has 38 heavy (non-hydrogen) atoms. The second-order valence-electron chi connectivity index (χ2n) is 9.81. The van der Waals surface area contributed by atoms with Crippen LogP contribution in [0.1, 0.15) is 43.4 Å². The van der Waals surface area contributed by atoms with Crippen molar-refractivity contribution in [3.05, 3.63) is 120 Å². The Morgan fingerprint density at radius 1 is 0.842 bits per heavy atom. The average Bonchev–Trinajstić information content (AvgIpc) is 2.95. The molecule has 0 bridgehead atoms. The fraction of sp³-hybridized carbons (Fsp3) is 0.273. The highest BCUT2D eigenvalue weighted by atomic mass is 19.1. The number of fused-ring (bicyclic) bond motifs is 1. The Hall–Kier alpha value is -3.99. The standard InChI is InChI=1S/C33H35FN2O2/c1-3-24(2)35-33(38)31(22-25-10-5-4-6-11-25)36(23-26-16-19-29(34)20-17-26)32(37)21-18-28-14-9-13-27-12-7-8-15-30(27)28/h4-17,19-20,24,31H,3,18,21-23H2,1-2H3,(H,35,38)/t24-,31+/m1/s1. The summed E-state index contributed by atoms with van der Waals surface area (Å²) in [5.41, 5.74) is 2.85. The molecule has 4 aromatic carbocycles. The molecule has 2 atom stereocenters. The maximum Gasteiger partial charge on any atom is 0.243 e. The lowest BCUT2D eigenvalue weighted by atomic mass is 9.99. The quantitative estimate of drug-likeness (QED) is 0.252. The van der Waals surface area contributed by atoms with E-state index >= 15 is 0 Å². The Balaban J connectivity index is 1.64. The summed E-state index contributed by atoms with van der Waals surface area (Å²) >= 11 is 0. The van der Waals surface area contributed by atoms with Gasteiger partial charge in [-0.1, -0.05) is 91.9 Å². The number of carbonyl (C=O) groups excluding carboxylic acids is 2. The first-order valence-corrected chi connectivity index (χ1v) is 13.3. The largest absolute Gasteiger partial charge is 0.352 e. The van der Waals surface area contributed by atoms with E-state index in [1.54, 1.807) is 17.0 Å². The van der Waals surface area contributed by atoms with Crippen molar-refractivity contribution in [3.63, 3.8) is 0 Å². The summed E-state index contributed by atoms with van der Waals surface area (Å²) < 4.78 is 13.6. The number of nitrogens with one attached hydrogen (secondary N) is 1. The van der Waals surface area contributed by atoms with E-state index in [2.05, 4.69) is 29.6 Å². The summed E-state index contributed by atoms with van der Waals surface area (Å²) in [7, 11) is 0. The highest BCUT2D eigenvalue weighted by Gasteiger charge is 2.30. The van der Waals surface area contributed by atoms with Crippen LogP contribution in [0.4, 0.5) is 4.39 Å². The number of halogens is 1. The van der Waals surface area contributed by atoms with Crippen molar-refractivity contribution in [3.8, 4) is 0 Å². The lowest BCUT2D eigenvalue weighted by molar-refractivity contribution is -0.141. The number of amides is 2. The van der Waals surface area contributed by atoms with Crippen molar-refractivity contribution in [1.82, 2.24) is 10.2 Å². The zero-order valence-electron chi connectivity index (χ0n) is 22.1. The molecule has 0 saturated carbocycles. The summed E-state index contributed by atoms with van der Waals surface area (Å²) in [6.45, 7) is 4.20. The van der Waals surface area contributed by atoms with Gasteiger partial charge >= 0.3 is 0 Å². The molecule has 4 rings (SSSR count). The molecule has 196 valence electrons. The monoisotopic (exact) mass is 510 g/mol. The fourth-order valence-electron chi connectivity index (χ4n) is 4.68. The smallest absolute Gasteiger partial charge is 0.243 e. The van der Waals surface area contributed by atoms with Crippen LogP contribution in [0.3, 0.4) is 0 Å². The van der Waals surface area contributed by atoms with Crippen LogP contribution in [0.15, 0.2) is 97.1 Å². The summed E-state index contributed by atoms with van der Waals surface area (Å²) in [6.07, 6.45) is 2.00. The van der Waals surface area contributed by atoms with E-state index in [0.717, 1.165) is 33.9 Å². The van der Waals surface area contributed by atoms with Gasteiger partial charge in [0.15, 0.2) is 0 Å². The van der Waals surface area contributed by atoms with Crippen LogP contribution in [0, 0.1) is 5.82 Å². The van der Waals surface area contributed by atoms with Crippen molar-refractivity contribution in [1.29, 1.82) is 0 Å². The summed E-state index contributed by atoms with van der Waals surface area (Å²) in [5.74, 6) is -0.621. The Morgan fingerprint density at radius 3 is 2.26 bits per heavy atom. The van der Waals surface area contributed by atoms with Crippen molar-refractivity contribution in [2.45, 2.75) is 58.2 Å². The number of benzene rings is 4. The van der Waals surface area contributed by atoms with Crippen LogP contribution in [0.25, 0.3) is 10.8 Å². The third-order valence-electron chi connectivity index (χ3n) is 7.03. The van der Waals surface area contributed by atoms with Gasteiger partial charge in [0.05, 0.1) is 0 Å². The number of hydrogen-bond acceptors (Lipinski definition) is 2. The third-order valence-corrected chi connectivity index (χ3v) is 7.03. The second kappa shape index (κ2) is 13.0. The Morgan fingerprint density at radius 2 is 1.53 bits per heavy atom. The predicted molar refractivity (Wildman–Crippen MR) is 151 cm³/mol. The van der Waals surface area contributed by atoms with Gasteiger partial charge in [0.1, 0.15) is 11.9 Å². The molecule has 0 saturated heterocycles. The Bertz CT molecular complexity index is 1350. The van der Waals surface area contributed by atoms with Gasteiger partial charge in [-0.3, -0.25) is 9.59 Å². The van der Waals surface area contributed by atoms with Crippen LogP contribution in [-0.2, 0) is 29.0 Å². The first-order valence-electron chi connectivity index (χ1n) is 13.3. The lowest BCUT2D eigenvalue weighted by Gasteiger charge is -2.32. The number of hydrogen-bond donors (Lipinski definition) is 1. The van der Waals surface area contributed by atoms with Gasteiger partial charge in [-0.05, 0) is 59.4 Å². The van der Waals surface area contributed by atoms with E-state index in [1.165, 1.54) is 12.1 Å². The van der Waals surface area contributed by atoms with Crippen LogP contribution >= 0.6 is 0 Å². The SMILES string of the molecule is CC[C@@H](C)NC(=O)[C@H](Cc1ccccc1)N(Cc1ccc(F)cc1)C(=O)CCc1cccc2ccccc12. The highest BCUT2D eigenvalue weighted by molar-refractivity contribution is 5.89. The Labute approximate surface area is 224 Å². The van der Waals surface area contributed by atoms with Crippen LogP contribution in [0.2, 0.25) is 0 Å². The van der Waals surface area contributed by atoms with Gasteiger partial charge < -0.3 is 10.2 Å². The second-order valence-corrected chi connectivity index (χ2v) is 9.81. The number of rotatable bonds is 11. The molecular formula is C33H35FN2O2. The zero-order valence-corrected chi connectivity index (χ0v) is 22.1. The molecule has 0 aliphatic rings. The van der Waals surface area contributed by atoms with E-state index in [4.69, 9.17) is 0 Å². The van der Waals surface area contributed by atoms with E-state index in [-0.39, 0.29) is 36.6 Å². The van der Waals surface area contributed by atoms with Crippen molar-refractivity contribution in [2.24, 2.45) is 0 Å². The molecule has 0 heterocycles. The molecular weight excluding hydrogens is 475 g/mol. The number of carbonyl (C=O) groups is 2. The molecule has 1 N–H and O–H groups in total. The van der Waals surface area contributed by atoms with Gasteiger partial charge in [0.25, 0.3) is 0 Å². The van der Waals surface area contributed by atoms with Crippen molar-refractivity contribution >= 4 is 22.6 Å². The minimum atomic E-state index is -0.698. The zero-order chi connectivity index (χ0) is 26.9. The molecule has 5 heteroatoms. The maximum atomic E-state index is 13.9. The minimum absolute atomic E-state index is 0.0146. The predicted octanol–water partition coefficient (Wildman–Crippen LogP) is 6.47. The van der Waals surface area contributed by atoms with Crippen LogP contribution in [-0.4, -0.2) is 28.8 Å². The van der Waals surface area contributed by atoms with Crippen molar-refractivity contribution in [2.75, 3.05) is 0 Å². The fourth-order valence-corrected chi connectivity index (χ4v) is 4.68. The number of nitrogens with zero attached hydrogens (tertiary/aromatic N) is 1. The van der Waals surface area contributed by atoms with E-state index in [0.29, 0.717) is 12.8 Å². The van der Waals surface area contributed by atoms with E-state index in [9.17, 15) is 14.0 Å². The molecule has 0 spiro atoms. The molecule has 2 amide bonds. The van der Waals surface area contributed by atoms with Crippen molar-refractivity contribution < 1.29 is 14.0 Å². The minimum Gasteiger partial charge on any atom is -0.352 e. The summed E-state index contributed by atoms with van der Waals surface area (Å²) in [4.78, 5) is 29.1. The van der Waals surface area contributed by atoms with E-state index < -0.39 is 6.04 Å². The molecule has 0 aromatic heterocycles. The molecule has 0 radical (unpaired) electrons. The first-order chi connectivity index (χ1) is 18.4. The molecule has 4 nitrogen and oxygen atoms in total. The Kier molecular flexibility index (Phi) is 9.26. The molecule has 0 fully saturated rings. The normalized spacial score (nSPS) is 12.6. The summed E-state index contributed by atoms with van der Waals surface area (Å²) in [6, 6.07) is 29.4. The van der Waals surface area contributed by atoms with E-state index in [1.807, 2.05) is 62.4 Å². The highest BCUT2D eigenvalue weighted by Crippen LogP contribution is 2.22. The van der Waals surface area contributed by atoms with Gasteiger partial charge in [0, 0.05) is 25.4 Å². The molecule has 0 unspecified atom stereocenters. The van der Waals surface area contributed by atoms with Crippen LogP contribution in [0.5, 0.6) is 0 Å². The number of aryl methyl sites for hydroxylation is 1. The average molecular weight is 511 g/mol. The summed E-state index contributed by atoms with van der Waals surface area (Å²) in [5, 5.41) is 5.35. The topological polar surface area (TPSA) is 49.4 Å². The lowest BCUT2D eigenvalue weighted by Crippen LogP contribution is -2.52. The maximum absolute atomic E-state index is 13.9. The van der Waals surface area contributed by atoms with Gasteiger partial charge in [0.2, 0.25) is 11.8 Å². The van der Waals surface area contributed by atoms with Gasteiger partial charge in [-0.15, -0.1) is 0 Å². The first kappa shape index (κ1) is 27.1. The van der Waals surface area contributed by atoms with Gasteiger partial charge in [-0.2, -0.15) is 0 Å². The van der Waals surface area contributed by atoms with Gasteiger partial charge in [-0.25, -0.2) is 4.39 Å².